The third-order valence-electron chi connectivity index (χ3n) is 16.9. The number of para-hydroxylation sites is 2. The minimum absolute atomic E-state index is 0.0218. The van der Waals surface area contributed by atoms with Gasteiger partial charge in [0.1, 0.15) is 0 Å². The van der Waals surface area contributed by atoms with Crippen molar-refractivity contribution in [1.29, 1.82) is 0 Å². The average molecular weight is 1070 g/mol. The summed E-state index contributed by atoms with van der Waals surface area (Å²) in [6.45, 7) is 10.8. The van der Waals surface area contributed by atoms with Gasteiger partial charge in [-0.3, -0.25) is 9.59 Å². The van der Waals surface area contributed by atoms with Crippen LogP contribution in [0.4, 0.5) is 11.4 Å². The van der Waals surface area contributed by atoms with Crippen LogP contribution in [-0.4, -0.2) is 104 Å². The van der Waals surface area contributed by atoms with Gasteiger partial charge in [-0.2, -0.15) is 0 Å². The zero-order valence-corrected chi connectivity index (χ0v) is 45.7. The van der Waals surface area contributed by atoms with Crippen molar-refractivity contribution < 1.29 is 18.0 Å². The van der Waals surface area contributed by atoms with E-state index in [9.17, 15) is 9.59 Å². The molecule has 0 spiro atoms. The molecule has 4 heterocycles. The number of hydrogen-bond acceptors (Lipinski definition) is 8. The van der Waals surface area contributed by atoms with E-state index in [1.54, 1.807) is 12.1 Å². The van der Waals surface area contributed by atoms with E-state index in [0.717, 1.165) is 150 Å². The summed E-state index contributed by atoms with van der Waals surface area (Å²) >= 11 is 13.2. The van der Waals surface area contributed by atoms with E-state index < -0.39 is 9.84 Å². The highest BCUT2D eigenvalue weighted by molar-refractivity contribution is 7.91. The van der Waals surface area contributed by atoms with E-state index in [4.69, 9.17) is 34.7 Å². The van der Waals surface area contributed by atoms with Gasteiger partial charge in [0.05, 0.1) is 20.9 Å². The summed E-state index contributed by atoms with van der Waals surface area (Å²) in [6, 6.07) is 39.0. The molecule has 0 aliphatic carbocycles. The highest BCUT2D eigenvalue weighted by Gasteiger charge is 2.34. The molecule has 0 radical (unpaired) electrons. The number of likely N-dealkylation sites (tertiary alicyclic amines) is 4. The van der Waals surface area contributed by atoms with Crippen molar-refractivity contribution in [3.8, 4) is 22.3 Å². The van der Waals surface area contributed by atoms with Crippen LogP contribution in [0, 0.1) is 25.7 Å². The number of nitrogens with two attached hydrogens (primary N) is 2. The molecule has 4 fully saturated rings. The Balaban J connectivity index is 0.809. The molecule has 2 amide bonds. The van der Waals surface area contributed by atoms with Crippen LogP contribution in [0.2, 0.25) is 10.0 Å². The van der Waals surface area contributed by atoms with Crippen molar-refractivity contribution >= 4 is 56.2 Å². The van der Waals surface area contributed by atoms with Crippen LogP contribution in [0.3, 0.4) is 0 Å². The van der Waals surface area contributed by atoms with Gasteiger partial charge >= 0.3 is 0 Å². The molecular formula is C62H70Cl2N6O4S. The van der Waals surface area contributed by atoms with Gasteiger partial charge in [0.25, 0.3) is 11.8 Å². The monoisotopic (exact) mass is 1060 g/mol. The molecule has 0 aromatic heterocycles. The Kier molecular flexibility index (Phi) is 16.1. The average Bonchev–Trinajstić information content (AvgIpc) is 3.43. The van der Waals surface area contributed by atoms with E-state index in [2.05, 4.69) is 21.9 Å². The number of aryl methyl sites for hydroxylation is 2. The first kappa shape index (κ1) is 52.7. The van der Waals surface area contributed by atoms with Gasteiger partial charge in [0.2, 0.25) is 9.84 Å². The molecule has 6 aromatic carbocycles. The number of nitrogens with zero attached hydrogens (tertiary/aromatic N) is 4. The smallest absolute Gasteiger partial charge is 0.255 e. The third kappa shape index (κ3) is 11.7. The van der Waals surface area contributed by atoms with Gasteiger partial charge < -0.3 is 31.1 Å². The summed E-state index contributed by atoms with van der Waals surface area (Å²) in [6.07, 6.45) is 9.68. The summed E-state index contributed by atoms with van der Waals surface area (Å²) in [7, 11) is -4.08. The van der Waals surface area contributed by atoms with Gasteiger partial charge in [-0.15, -0.1) is 0 Å². The van der Waals surface area contributed by atoms with Gasteiger partial charge in [0, 0.05) is 70.8 Å². The van der Waals surface area contributed by atoms with E-state index in [0.29, 0.717) is 67.6 Å². The van der Waals surface area contributed by atoms with Crippen LogP contribution in [0.1, 0.15) is 94.3 Å². The Hall–Kier alpha value is -5.69. The number of rotatable bonds is 12. The molecule has 4 N–H and O–H groups in total. The molecule has 13 heteroatoms. The fourth-order valence-corrected chi connectivity index (χ4v) is 14.5. The number of amides is 2. The second-order valence-corrected chi connectivity index (χ2v) is 24.4. The van der Waals surface area contributed by atoms with Crippen molar-refractivity contribution in [3.63, 3.8) is 0 Å². The van der Waals surface area contributed by atoms with Crippen LogP contribution >= 0.6 is 23.2 Å². The maximum absolute atomic E-state index is 15.4. The normalized spacial score (nSPS) is 18.1. The molecule has 75 heavy (non-hydrogen) atoms. The number of anilines is 2. The first-order valence-corrected chi connectivity index (χ1v) is 29.2. The largest absolute Gasteiger partial charge is 0.398 e. The van der Waals surface area contributed by atoms with Crippen molar-refractivity contribution in [2.75, 3.05) is 63.8 Å². The second kappa shape index (κ2) is 22.9. The molecule has 4 saturated heterocycles. The SMILES string of the molecule is Cc1cccc(C(=O)N2CCC(N3CCC(Cc4ccc(S(=O)(=O)c5ccc(CC6CCN(C7CCN(C(=O)c8cccc(C)c8N)CC7)CC6)cc5-c5cccc(Cl)c5)c(-c5cccc(Cl)c5)c4)CC3)CC2)c1N. The molecule has 6 aromatic rings. The minimum atomic E-state index is -4.08. The van der Waals surface area contributed by atoms with E-state index in [1.165, 1.54) is 0 Å². The summed E-state index contributed by atoms with van der Waals surface area (Å²) in [5, 5.41) is 1.08. The molecular weight excluding hydrogens is 996 g/mol. The molecule has 10 rings (SSSR count). The predicted octanol–water partition coefficient (Wildman–Crippen LogP) is 12.1. The summed E-state index contributed by atoms with van der Waals surface area (Å²) in [5.41, 5.74) is 21.8. The highest BCUT2D eigenvalue weighted by atomic mass is 35.5. The minimum Gasteiger partial charge on any atom is -0.398 e. The Bertz CT molecular complexity index is 2970. The second-order valence-electron chi connectivity index (χ2n) is 21.7. The maximum Gasteiger partial charge on any atom is 0.255 e. The summed E-state index contributed by atoms with van der Waals surface area (Å²) < 4.78 is 30.7. The lowest BCUT2D eigenvalue weighted by molar-refractivity contribution is 0.0546. The first-order valence-electron chi connectivity index (χ1n) is 27.0. The van der Waals surface area contributed by atoms with E-state index in [-0.39, 0.29) is 21.6 Å². The summed E-state index contributed by atoms with van der Waals surface area (Å²) in [5.74, 6) is 0.954. The fourth-order valence-electron chi connectivity index (χ4n) is 12.4. The predicted molar refractivity (Wildman–Crippen MR) is 304 cm³/mol. The Morgan fingerprint density at radius 1 is 0.493 bits per heavy atom. The first-order chi connectivity index (χ1) is 36.2. The topological polar surface area (TPSA) is 133 Å². The van der Waals surface area contributed by atoms with Crippen molar-refractivity contribution in [1.82, 2.24) is 19.6 Å². The number of carbonyl (C=O) groups excluding carboxylic acids is 2. The van der Waals surface area contributed by atoms with Crippen molar-refractivity contribution in [3.05, 3.63) is 165 Å². The lowest BCUT2D eigenvalue weighted by atomic mass is 9.87. The van der Waals surface area contributed by atoms with Crippen LogP contribution in [0.5, 0.6) is 0 Å². The van der Waals surface area contributed by atoms with Crippen LogP contribution < -0.4 is 11.5 Å². The molecule has 0 unspecified atom stereocenters. The number of halogens is 2. The van der Waals surface area contributed by atoms with Crippen molar-refractivity contribution in [2.45, 2.75) is 99.9 Å². The van der Waals surface area contributed by atoms with E-state index in [1.807, 2.05) is 121 Å². The summed E-state index contributed by atoms with van der Waals surface area (Å²) in [4.78, 5) is 36.4. The maximum atomic E-state index is 15.4. The molecule has 0 atom stereocenters. The number of nitrogen functional groups attached to an aromatic ring is 2. The number of sulfone groups is 1. The van der Waals surface area contributed by atoms with Crippen LogP contribution in [0.25, 0.3) is 22.3 Å². The fraction of sp³-hybridized carbons (Fsp3) is 0.387. The Morgan fingerprint density at radius 2 is 0.867 bits per heavy atom. The van der Waals surface area contributed by atoms with Gasteiger partial charge in [-0.05, 0) is 210 Å². The molecule has 0 saturated carbocycles. The number of piperidine rings is 4. The van der Waals surface area contributed by atoms with Gasteiger partial charge in [0.15, 0.2) is 0 Å². The zero-order chi connectivity index (χ0) is 52.4. The van der Waals surface area contributed by atoms with Crippen LogP contribution in [0.15, 0.2) is 131 Å². The number of benzene rings is 6. The zero-order valence-electron chi connectivity index (χ0n) is 43.3. The van der Waals surface area contributed by atoms with E-state index >= 15 is 8.42 Å². The Morgan fingerprint density at radius 3 is 1.24 bits per heavy atom. The Labute approximate surface area is 453 Å². The molecule has 0 bridgehead atoms. The van der Waals surface area contributed by atoms with Crippen LogP contribution in [-0.2, 0) is 22.7 Å². The van der Waals surface area contributed by atoms with Gasteiger partial charge in [-0.1, -0.05) is 83.9 Å². The highest BCUT2D eigenvalue weighted by Crippen LogP contribution is 2.40. The standard InChI is InChI=1S/C62H70Cl2N6O4S/c1-41-7-3-13-53(59(41)65)61(71)69-31-23-51(24-32-69)67-27-19-43(20-28-67)35-45-15-17-57(55(37-45)47-9-5-11-49(63)39-47)75(73,74)58-18-16-46(38-56(58)48-10-6-12-50(64)40-48)36-44-21-29-68(30-22-44)52-25-33-70(34-26-52)62(72)54-14-4-8-42(2)60(54)66/h3-18,37-40,43-44,51-52H,19-36,65-66H2,1-2H3. The molecule has 10 nitrogen and oxygen atoms in total. The third-order valence-corrected chi connectivity index (χ3v) is 19.3. The number of carbonyl (C=O) groups is 2. The lowest BCUT2D eigenvalue weighted by Gasteiger charge is -2.42. The molecule has 4 aliphatic rings. The van der Waals surface area contributed by atoms with Gasteiger partial charge in [-0.25, -0.2) is 8.42 Å². The van der Waals surface area contributed by atoms with Crippen molar-refractivity contribution in [2.24, 2.45) is 11.8 Å². The number of hydrogen-bond donors (Lipinski definition) is 2. The quantitative estimate of drug-likeness (QED) is 0.116. The molecule has 392 valence electrons. The molecule has 4 aliphatic heterocycles. The lowest BCUT2D eigenvalue weighted by Crippen LogP contribution is -2.49.